The van der Waals surface area contributed by atoms with Gasteiger partial charge in [-0.1, -0.05) is 25.0 Å². The smallest absolute Gasteiger partial charge is 0.123 e. The second-order valence-electron chi connectivity index (χ2n) is 5.68. The molecule has 1 aromatic carbocycles. The number of aliphatic hydroxyl groups excluding tert-OH is 1. The zero-order chi connectivity index (χ0) is 14.5. The molecule has 1 saturated carbocycles. The molecule has 1 aromatic rings. The monoisotopic (exact) mass is 278 g/mol. The summed E-state index contributed by atoms with van der Waals surface area (Å²) >= 11 is 0. The summed E-state index contributed by atoms with van der Waals surface area (Å²) in [6.45, 7) is 1.31. The second kappa shape index (κ2) is 7.07. The molecule has 1 aliphatic rings. The van der Waals surface area contributed by atoms with Gasteiger partial charge in [-0.05, 0) is 31.5 Å². The van der Waals surface area contributed by atoms with Crippen LogP contribution in [0.5, 0.6) is 5.75 Å². The standard InChI is InChI=1S/C16H26N2O2/c1-18(14-5-3-4-6-15(14)19)11-12-7-8-13(10-17)16(9-12)20-2/h7-9,14-15,19H,3-6,10-11,17H2,1-2H3. The van der Waals surface area contributed by atoms with Crippen molar-refractivity contribution in [3.63, 3.8) is 0 Å². The molecule has 2 atom stereocenters. The molecule has 0 spiro atoms. The van der Waals surface area contributed by atoms with Gasteiger partial charge in [0.2, 0.25) is 0 Å². The molecular weight excluding hydrogens is 252 g/mol. The van der Waals surface area contributed by atoms with E-state index in [2.05, 4.69) is 18.0 Å². The zero-order valence-electron chi connectivity index (χ0n) is 12.5. The van der Waals surface area contributed by atoms with E-state index in [4.69, 9.17) is 10.5 Å². The van der Waals surface area contributed by atoms with E-state index in [1.807, 2.05) is 12.1 Å². The minimum atomic E-state index is -0.195. The first-order valence-electron chi connectivity index (χ1n) is 7.40. The summed E-state index contributed by atoms with van der Waals surface area (Å²) in [4.78, 5) is 2.25. The van der Waals surface area contributed by atoms with Gasteiger partial charge in [-0.25, -0.2) is 0 Å². The van der Waals surface area contributed by atoms with Crippen LogP contribution in [0.2, 0.25) is 0 Å². The summed E-state index contributed by atoms with van der Waals surface area (Å²) < 4.78 is 5.38. The van der Waals surface area contributed by atoms with Gasteiger partial charge in [-0.2, -0.15) is 0 Å². The molecule has 0 aromatic heterocycles. The fourth-order valence-corrected chi connectivity index (χ4v) is 3.07. The molecule has 0 aliphatic heterocycles. The van der Waals surface area contributed by atoms with Crippen molar-refractivity contribution >= 4 is 0 Å². The molecule has 0 amide bonds. The summed E-state index contributed by atoms with van der Waals surface area (Å²) in [7, 11) is 3.76. The lowest BCUT2D eigenvalue weighted by molar-refractivity contribution is 0.0288. The number of likely N-dealkylation sites (N-methyl/N-ethyl adjacent to an activating group) is 1. The predicted octanol–water partition coefficient (Wildman–Crippen LogP) is 1.89. The molecular formula is C16H26N2O2. The van der Waals surface area contributed by atoms with E-state index in [0.717, 1.165) is 37.1 Å². The number of hydrogen-bond donors (Lipinski definition) is 2. The van der Waals surface area contributed by atoms with Crippen LogP contribution >= 0.6 is 0 Å². The molecule has 4 nitrogen and oxygen atoms in total. The van der Waals surface area contributed by atoms with Gasteiger partial charge in [0.05, 0.1) is 13.2 Å². The van der Waals surface area contributed by atoms with Gasteiger partial charge in [0, 0.05) is 24.7 Å². The molecule has 2 rings (SSSR count). The molecule has 0 saturated heterocycles. The van der Waals surface area contributed by atoms with E-state index in [0.29, 0.717) is 6.54 Å². The third-order valence-corrected chi connectivity index (χ3v) is 4.26. The Hall–Kier alpha value is -1.10. The molecule has 2 unspecified atom stereocenters. The van der Waals surface area contributed by atoms with E-state index < -0.39 is 0 Å². The van der Waals surface area contributed by atoms with Crippen molar-refractivity contribution in [3.05, 3.63) is 29.3 Å². The van der Waals surface area contributed by atoms with Crippen LogP contribution in [0.1, 0.15) is 36.8 Å². The first kappa shape index (κ1) is 15.3. The highest BCUT2D eigenvalue weighted by Gasteiger charge is 2.26. The highest BCUT2D eigenvalue weighted by Crippen LogP contribution is 2.25. The molecule has 112 valence electrons. The van der Waals surface area contributed by atoms with Crippen LogP contribution in [0.25, 0.3) is 0 Å². The van der Waals surface area contributed by atoms with E-state index in [1.54, 1.807) is 7.11 Å². The maximum atomic E-state index is 10.1. The van der Waals surface area contributed by atoms with Crippen molar-refractivity contribution in [2.24, 2.45) is 5.73 Å². The van der Waals surface area contributed by atoms with Crippen LogP contribution in [0.15, 0.2) is 18.2 Å². The van der Waals surface area contributed by atoms with Crippen LogP contribution in [-0.4, -0.2) is 36.3 Å². The molecule has 0 heterocycles. The number of nitrogens with zero attached hydrogens (tertiary/aromatic N) is 1. The normalized spacial score (nSPS) is 23.1. The maximum absolute atomic E-state index is 10.1. The van der Waals surface area contributed by atoms with Crippen LogP contribution in [0, 0.1) is 0 Å². The van der Waals surface area contributed by atoms with Gasteiger partial charge in [0.1, 0.15) is 5.75 Å². The minimum absolute atomic E-state index is 0.195. The average Bonchev–Trinajstić information content (AvgIpc) is 2.47. The maximum Gasteiger partial charge on any atom is 0.123 e. The van der Waals surface area contributed by atoms with E-state index in [9.17, 15) is 5.11 Å². The quantitative estimate of drug-likeness (QED) is 0.863. The Morgan fingerprint density at radius 2 is 2.10 bits per heavy atom. The number of methoxy groups -OCH3 is 1. The second-order valence-corrected chi connectivity index (χ2v) is 5.68. The lowest BCUT2D eigenvalue weighted by Gasteiger charge is -2.35. The average molecular weight is 278 g/mol. The van der Waals surface area contributed by atoms with Crippen molar-refractivity contribution in [2.75, 3.05) is 14.2 Å². The lowest BCUT2D eigenvalue weighted by atomic mass is 9.91. The van der Waals surface area contributed by atoms with Gasteiger partial charge < -0.3 is 15.6 Å². The molecule has 4 heteroatoms. The van der Waals surface area contributed by atoms with Crippen LogP contribution in [-0.2, 0) is 13.1 Å². The highest BCUT2D eigenvalue weighted by atomic mass is 16.5. The molecule has 1 fully saturated rings. The summed E-state index contributed by atoms with van der Waals surface area (Å²) in [6.07, 6.45) is 4.16. The number of nitrogens with two attached hydrogens (primary N) is 1. The van der Waals surface area contributed by atoms with Crippen LogP contribution in [0.4, 0.5) is 0 Å². The van der Waals surface area contributed by atoms with Crippen LogP contribution < -0.4 is 10.5 Å². The highest BCUT2D eigenvalue weighted by molar-refractivity contribution is 5.37. The number of rotatable bonds is 5. The zero-order valence-corrected chi connectivity index (χ0v) is 12.5. The summed E-state index contributed by atoms with van der Waals surface area (Å²) in [5, 5.41) is 10.1. The number of hydrogen-bond acceptors (Lipinski definition) is 4. The van der Waals surface area contributed by atoms with Crippen molar-refractivity contribution in [3.8, 4) is 5.75 Å². The van der Waals surface area contributed by atoms with E-state index in [-0.39, 0.29) is 12.1 Å². The Balaban J connectivity index is 2.05. The van der Waals surface area contributed by atoms with Gasteiger partial charge in [0.25, 0.3) is 0 Å². The fraction of sp³-hybridized carbons (Fsp3) is 0.625. The van der Waals surface area contributed by atoms with Crippen LogP contribution in [0.3, 0.4) is 0 Å². The Kier molecular flexibility index (Phi) is 5.40. The van der Waals surface area contributed by atoms with Crippen molar-refractivity contribution in [1.29, 1.82) is 0 Å². The van der Waals surface area contributed by atoms with E-state index in [1.165, 1.54) is 12.0 Å². The van der Waals surface area contributed by atoms with Crippen molar-refractivity contribution in [2.45, 2.75) is 50.9 Å². The molecule has 0 radical (unpaired) electrons. The molecule has 1 aliphatic carbocycles. The Morgan fingerprint density at radius 3 is 2.75 bits per heavy atom. The Labute approximate surface area is 121 Å². The largest absolute Gasteiger partial charge is 0.496 e. The number of benzene rings is 1. The Morgan fingerprint density at radius 1 is 1.35 bits per heavy atom. The van der Waals surface area contributed by atoms with Gasteiger partial charge >= 0.3 is 0 Å². The molecule has 3 N–H and O–H groups in total. The minimum Gasteiger partial charge on any atom is -0.496 e. The topological polar surface area (TPSA) is 58.7 Å². The van der Waals surface area contributed by atoms with Gasteiger partial charge in [0.15, 0.2) is 0 Å². The fourth-order valence-electron chi connectivity index (χ4n) is 3.07. The number of ether oxygens (including phenoxy) is 1. The van der Waals surface area contributed by atoms with Crippen molar-refractivity contribution < 1.29 is 9.84 Å². The SMILES string of the molecule is COc1cc(CN(C)C2CCCCC2O)ccc1CN. The third kappa shape index (κ3) is 3.51. The first-order valence-corrected chi connectivity index (χ1v) is 7.40. The summed E-state index contributed by atoms with van der Waals surface area (Å²) in [5.74, 6) is 0.850. The summed E-state index contributed by atoms with van der Waals surface area (Å²) in [5.41, 5.74) is 7.91. The lowest BCUT2D eigenvalue weighted by Crippen LogP contribution is -2.42. The van der Waals surface area contributed by atoms with Gasteiger partial charge in [-0.15, -0.1) is 0 Å². The van der Waals surface area contributed by atoms with Gasteiger partial charge in [-0.3, -0.25) is 4.90 Å². The molecule has 0 bridgehead atoms. The molecule has 20 heavy (non-hydrogen) atoms. The van der Waals surface area contributed by atoms with Crippen molar-refractivity contribution in [1.82, 2.24) is 4.90 Å². The number of aliphatic hydroxyl groups is 1. The predicted molar refractivity (Wildman–Crippen MR) is 80.6 cm³/mol. The van der Waals surface area contributed by atoms with E-state index >= 15 is 0 Å². The first-order chi connectivity index (χ1) is 9.65. The third-order valence-electron chi connectivity index (χ3n) is 4.26. The summed E-state index contributed by atoms with van der Waals surface area (Å²) in [6, 6.07) is 6.44. The Bertz CT molecular complexity index is 436.